The number of likely N-dealkylation sites (N-methyl/N-ethyl adjacent to an activating group) is 1. The van der Waals surface area contributed by atoms with Gasteiger partial charge in [0.05, 0.1) is 11.1 Å². The molecule has 0 aliphatic rings. The van der Waals surface area contributed by atoms with Crippen molar-refractivity contribution < 1.29 is 0 Å². The van der Waals surface area contributed by atoms with Gasteiger partial charge in [-0.2, -0.15) is 0 Å². The molecule has 0 aliphatic heterocycles. The Balaban J connectivity index is 3.22. The van der Waals surface area contributed by atoms with Gasteiger partial charge in [0.25, 0.3) is 0 Å². The van der Waals surface area contributed by atoms with Crippen molar-refractivity contribution in [2.75, 3.05) is 18.8 Å². The monoisotopic (exact) mass is 285 g/mol. The fraction of sp³-hybridized carbons (Fsp3) is 0.615. The highest BCUT2D eigenvalue weighted by Gasteiger charge is 2.35. The number of nitrogens with two attached hydrogens (primary N) is 2. The maximum absolute atomic E-state index is 6.02. The second kappa shape index (κ2) is 6.52. The number of nitrogen functional groups attached to an aromatic ring is 1. The van der Waals surface area contributed by atoms with Crippen LogP contribution in [0, 0.1) is 0 Å². The van der Waals surface area contributed by atoms with E-state index in [1.165, 1.54) is 0 Å². The Morgan fingerprint density at radius 3 is 2.47 bits per heavy atom. The predicted octanol–water partition coefficient (Wildman–Crippen LogP) is 1.94. The van der Waals surface area contributed by atoms with E-state index in [1.807, 2.05) is 6.07 Å². The predicted molar refractivity (Wildman–Crippen MR) is 80.7 cm³/mol. The lowest BCUT2D eigenvalue weighted by molar-refractivity contribution is 0.0914. The van der Waals surface area contributed by atoms with Crippen molar-refractivity contribution >= 4 is 17.4 Å². The molecule has 1 unspecified atom stereocenters. The van der Waals surface area contributed by atoms with E-state index in [9.17, 15) is 0 Å². The fourth-order valence-corrected chi connectivity index (χ4v) is 2.76. The molecule has 108 valence electrons. The molecule has 1 rings (SSSR count). The molecule has 0 aromatic carbocycles. The average Bonchev–Trinajstić information content (AvgIpc) is 2.35. The van der Waals surface area contributed by atoms with Crippen molar-refractivity contribution in [3.05, 3.63) is 22.8 Å². The minimum Gasteiger partial charge on any atom is -0.383 e. The van der Waals surface area contributed by atoms with E-state index in [2.05, 4.69) is 43.0 Å². The van der Waals surface area contributed by atoms with Gasteiger partial charge in [0.2, 0.25) is 0 Å². The summed E-state index contributed by atoms with van der Waals surface area (Å²) in [7, 11) is 0. The molecular weight excluding hydrogens is 262 g/mol. The molecule has 0 saturated heterocycles. The number of nitrogens with one attached hydrogen (secondary N) is 1. The molecule has 0 bridgehead atoms. The third-order valence-corrected chi connectivity index (χ3v) is 3.89. The summed E-state index contributed by atoms with van der Waals surface area (Å²) in [5.74, 6) is 6.21. The summed E-state index contributed by atoms with van der Waals surface area (Å²) in [6.45, 7) is 10.4. The summed E-state index contributed by atoms with van der Waals surface area (Å²) in [5.41, 5.74) is 9.43. The molecular formula is C13H24ClN5. The molecule has 1 heterocycles. The van der Waals surface area contributed by atoms with Crippen LogP contribution in [0.15, 0.2) is 12.3 Å². The Hall–Kier alpha value is -0.880. The fourth-order valence-electron chi connectivity index (χ4n) is 2.59. The normalized spacial score (nSPS) is 13.8. The van der Waals surface area contributed by atoms with Gasteiger partial charge in [-0.15, -0.1) is 0 Å². The van der Waals surface area contributed by atoms with Crippen molar-refractivity contribution in [1.29, 1.82) is 0 Å². The first-order valence-electron chi connectivity index (χ1n) is 6.50. The van der Waals surface area contributed by atoms with Gasteiger partial charge in [-0.1, -0.05) is 25.4 Å². The summed E-state index contributed by atoms with van der Waals surface area (Å²) in [6, 6.07) is 1.67. The van der Waals surface area contributed by atoms with Crippen LogP contribution < -0.4 is 17.0 Å². The number of pyridine rings is 1. The Kier molecular flexibility index (Phi) is 5.55. The van der Waals surface area contributed by atoms with E-state index in [-0.39, 0.29) is 11.6 Å². The smallest absolute Gasteiger partial charge is 0.128 e. The van der Waals surface area contributed by atoms with Gasteiger partial charge in [-0.25, -0.2) is 4.98 Å². The van der Waals surface area contributed by atoms with Gasteiger partial charge in [-0.05, 0) is 33.0 Å². The second-order valence-corrected chi connectivity index (χ2v) is 5.49. The van der Waals surface area contributed by atoms with Crippen LogP contribution in [0.25, 0.3) is 0 Å². The molecule has 0 radical (unpaired) electrons. The lowest BCUT2D eigenvalue weighted by Gasteiger charge is -2.43. The number of aromatic nitrogens is 1. The molecule has 19 heavy (non-hydrogen) atoms. The quantitative estimate of drug-likeness (QED) is 0.550. The van der Waals surface area contributed by atoms with E-state index >= 15 is 0 Å². The summed E-state index contributed by atoms with van der Waals surface area (Å²) in [6.07, 6.45) is 1.54. The molecule has 1 aromatic rings. The Bertz CT molecular complexity index is 417. The second-order valence-electron chi connectivity index (χ2n) is 5.05. The van der Waals surface area contributed by atoms with E-state index in [0.29, 0.717) is 10.8 Å². The number of hydrogen-bond donors (Lipinski definition) is 3. The third-order valence-electron chi connectivity index (χ3n) is 3.68. The first-order valence-corrected chi connectivity index (χ1v) is 6.88. The number of hydrogen-bond acceptors (Lipinski definition) is 5. The van der Waals surface area contributed by atoms with Gasteiger partial charge < -0.3 is 5.73 Å². The number of anilines is 1. The largest absolute Gasteiger partial charge is 0.383 e. The highest BCUT2D eigenvalue weighted by Crippen LogP contribution is 2.33. The molecule has 6 heteroatoms. The van der Waals surface area contributed by atoms with Crippen molar-refractivity contribution in [2.45, 2.75) is 39.3 Å². The van der Waals surface area contributed by atoms with Crippen LogP contribution in [0.4, 0.5) is 5.82 Å². The van der Waals surface area contributed by atoms with Gasteiger partial charge in [0, 0.05) is 17.3 Å². The number of halogens is 1. The standard InChI is InChI=1S/C13H24ClN5/c1-5-19(6-2)13(3,4)11(18-16)10-7-9(14)8-17-12(10)15/h7-8,11,18H,5-6,16H2,1-4H3,(H2,15,17). The highest BCUT2D eigenvalue weighted by molar-refractivity contribution is 6.30. The van der Waals surface area contributed by atoms with Gasteiger partial charge in [0.1, 0.15) is 5.82 Å². The molecule has 5 N–H and O–H groups in total. The van der Waals surface area contributed by atoms with Crippen LogP contribution in [0.5, 0.6) is 0 Å². The number of rotatable bonds is 6. The third kappa shape index (κ3) is 3.36. The molecule has 1 atom stereocenters. The Morgan fingerprint density at radius 2 is 2.00 bits per heavy atom. The number of hydrazine groups is 1. The molecule has 0 fully saturated rings. The van der Waals surface area contributed by atoms with Gasteiger partial charge >= 0.3 is 0 Å². The summed E-state index contributed by atoms with van der Waals surface area (Å²) in [5, 5.41) is 0.555. The van der Waals surface area contributed by atoms with Crippen LogP contribution in [0.1, 0.15) is 39.3 Å². The zero-order chi connectivity index (χ0) is 14.6. The maximum Gasteiger partial charge on any atom is 0.128 e. The molecule has 1 aromatic heterocycles. The van der Waals surface area contributed by atoms with Crippen LogP contribution in [-0.4, -0.2) is 28.5 Å². The molecule has 5 nitrogen and oxygen atoms in total. The summed E-state index contributed by atoms with van der Waals surface area (Å²) in [4.78, 5) is 6.42. The van der Waals surface area contributed by atoms with Crippen molar-refractivity contribution in [2.24, 2.45) is 5.84 Å². The molecule has 0 aliphatic carbocycles. The zero-order valence-electron chi connectivity index (χ0n) is 12.1. The number of nitrogens with zero attached hydrogens (tertiary/aromatic N) is 2. The van der Waals surface area contributed by atoms with Crippen molar-refractivity contribution in [3.63, 3.8) is 0 Å². The van der Waals surface area contributed by atoms with Crippen LogP contribution >= 0.6 is 11.6 Å². The van der Waals surface area contributed by atoms with Crippen molar-refractivity contribution in [3.8, 4) is 0 Å². The van der Waals surface area contributed by atoms with Crippen LogP contribution in [0.3, 0.4) is 0 Å². The Morgan fingerprint density at radius 1 is 1.42 bits per heavy atom. The molecule has 0 amide bonds. The van der Waals surface area contributed by atoms with E-state index in [4.69, 9.17) is 23.2 Å². The topological polar surface area (TPSA) is 80.2 Å². The summed E-state index contributed by atoms with van der Waals surface area (Å²) >= 11 is 6.02. The van der Waals surface area contributed by atoms with E-state index in [1.54, 1.807) is 6.20 Å². The van der Waals surface area contributed by atoms with E-state index in [0.717, 1.165) is 18.7 Å². The SMILES string of the molecule is CCN(CC)C(C)(C)C(NN)c1cc(Cl)cnc1N. The summed E-state index contributed by atoms with van der Waals surface area (Å²) < 4.78 is 0. The lowest BCUT2D eigenvalue weighted by Crippen LogP contribution is -2.54. The van der Waals surface area contributed by atoms with Crippen LogP contribution in [0.2, 0.25) is 5.02 Å². The lowest BCUT2D eigenvalue weighted by atomic mass is 9.87. The first kappa shape index (κ1) is 16.2. The minimum atomic E-state index is -0.210. The highest BCUT2D eigenvalue weighted by atomic mass is 35.5. The zero-order valence-corrected chi connectivity index (χ0v) is 12.8. The maximum atomic E-state index is 6.02. The minimum absolute atomic E-state index is 0.154. The average molecular weight is 286 g/mol. The van der Waals surface area contributed by atoms with Gasteiger partial charge in [-0.3, -0.25) is 16.2 Å². The van der Waals surface area contributed by atoms with Gasteiger partial charge in [0.15, 0.2) is 0 Å². The van der Waals surface area contributed by atoms with E-state index < -0.39 is 0 Å². The first-order chi connectivity index (χ1) is 8.88. The molecule has 0 spiro atoms. The molecule has 0 saturated carbocycles. The van der Waals surface area contributed by atoms with Crippen LogP contribution in [-0.2, 0) is 0 Å². The Labute approximate surface area is 120 Å². The van der Waals surface area contributed by atoms with Crippen molar-refractivity contribution in [1.82, 2.24) is 15.3 Å².